The maximum atomic E-state index is 12.9. The normalized spacial score (nSPS) is 13.3. The largest absolute Gasteiger partial charge is 0.396 e. The number of alkyl halides is 2. The van der Waals surface area contributed by atoms with E-state index in [0.717, 1.165) is 6.20 Å². The third-order valence-electron chi connectivity index (χ3n) is 3.67. The Morgan fingerprint density at radius 1 is 1.43 bits per heavy atom. The number of aliphatic hydroxyl groups excluding tert-OH is 1. The van der Waals surface area contributed by atoms with Gasteiger partial charge in [0.05, 0.1) is 12.6 Å². The van der Waals surface area contributed by atoms with Crippen LogP contribution < -0.4 is 5.32 Å². The lowest BCUT2D eigenvalue weighted by molar-refractivity contribution is 0.0490. The fourth-order valence-corrected chi connectivity index (χ4v) is 2.21. The van der Waals surface area contributed by atoms with E-state index in [1.807, 2.05) is 0 Å². The number of aryl methyl sites for hydroxylation is 1. The Kier molecular flexibility index (Phi) is 4.79. The Morgan fingerprint density at radius 2 is 2.13 bits per heavy atom. The van der Waals surface area contributed by atoms with E-state index >= 15 is 0 Å². The molecule has 0 unspecified atom stereocenters. The number of amides is 1. The number of imidazole rings is 1. The van der Waals surface area contributed by atoms with Gasteiger partial charge in [-0.25, -0.2) is 4.98 Å². The van der Waals surface area contributed by atoms with Crippen LogP contribution in [0.15, 0.2) is 24.7 Å². The van der Waals surface area contributed by atoms with Gasteiger partial charge in [-0.2, -0.15) is 18.6 Å². The molecular formula is C14H19F2N5O2. The minimum Gasteiger partial charge on any atom is -0.396 e. The van der Waals surface area contributed by atoms with Crippen molar-refractivity contribution < 1.29 is 18.7 Å². The molecule has 0 bridgehead atoms. The van der Waals surface area contributed by atoms with E-state index in [1.54, 1.807) is 37.9 Å². The average molecular weight is 327 g/mol. The zero-order valence-corrected chi connectivity index (χ0v) is 13.1. The second-order valence-electron chi connectivity index (χ2n) is 5.89. The highest BCUT2D eigenvalue weighted by molar-refractivity contribution is 5.92. The van der Waals surface area contributed by atoms with Crippen molar-refractivity contribution in [1.82, 2.24) is 24.6 Å². The minimum absolute atomic E-state index is 0.223. The second-order valence-corrected chi connectivity index (χ2v) is 5.89. The Hall–Kier alpha value is -2.29. The quantitative estimate of drug-likeness (QED) is 0.842. The summed E-state index contributed by atoms with van der Waals surface area (Å²) >= 11 is 0. The molecule has 2 aromatic rings. The number of aliphatic hydroxyl groups is 1. The molecule has 0 radical (unpaired) electrons. The SMILES string of the molecule is Cn1ccnc1[C@@H](NC(=O)c1ccnn1C(F)F)C(C)(C)CO. The van der Waals surface area contributed by atoms with Crippen LogP contribution in [0.25, 0.3) is 0 Å². The third kappa shape index (κ3) is 3.39. The highest BCUT2D eigenvalue weighted by Crippen LogP contribution is 2.32. The van der Waals surface area contributed by atoms with Crippen LogP contribution in [-0.2, 0) is 7.05 Å². The van der Waals surface area contributed by atoms with Gasteiger partial charge in [0, 0.05) is 31.1 Å². The number of rotatable bonds is 6. The van der Waals surface area contributed by atoms with Crippen LogP contribution in [0.3, 0.4) is 0 Å². The van der Waals surface area contributed by atoms with Crippen molar-refractivity contribution in [2.45, 2.75) is 26.4 Å². The van der Waals surface area contributed by atoms with Gasteiger partial charge >= 0.3 is 6.55 Å². The van der Waals surface area contributed by atoms with Crippen LogP contribution in [0.4, 0.5) is 8.78 Å². The molecular weight excluding hydrogens is 308 g/mol. The smallest absolute Gasteiger partial charge is 0.333 e. The summed E-state index contributed by atoms with van der Waals surface area (Å²) in [5.41, 5.74) is -1.00. The van der Waals surface area contributed by atoms with E-state index in [4.69, 9.17) is 0 Å². The molecule has 23 heavy (non-hydrogen) atoms. The monoisotopic (exact) mass is 327 g/mol. The van der Waals surface area contributed by atoms with Crippen LogP contribution in [0.2, 0.25) is 0 Å². The number of carbonyl (C=O) groups is 1. The standard InChI is InChI=1S/C14H19F2N5O2/c1-14(2,8-22)10(11-17-6-7-20(11)3)19-12(23)9-4-5-18-21(9)13(15)16/h4-7,10,13,22H,8H2,1-3H3,(H,19,23)/t10-/m1/s1. The predicted octanol–water partition coefficient (Wildman–Crippen LogP) is 1.50. The van der Waals surface area contributed by atoms with Gasteiger partial charge in [0.1, 0.15) is 11.5 Å². The van der Waals surface area contributed by atoms with Crippen LogP contribution >= 0.6 is 0 Å². The molecule has 2 aromatic heterocycles. The molecule has 9 heteroatoms. The summed E-state index contributed by atoms with van der Waals surface area (Å²) in [6, 6.07) is 0.546. The topological polar surface area (TPSA) is 85.0 Å². The van der Waals surface area contributed by atoms with Crippen LogP contribution in [0.5, 0.6) is 0 Å². The Balaban J connectivity index is 2.33. The third-order valence-corrected chi connectivity index (χ3v) is 3.67. The molecule has 7 nitrogen and oxygen atoms in total. The first-order valence-electron chi connectivity index (χ1n) is 6.98. The van der Waals surface area contributed by atoms with Crippen molar-refractivity contribution in [2.24, 2.45) is 12.5 Å². The van der Waals surface area contributed by atoms with Crippen molar-refractivity contribution in [3.05, 3.63) is 36.2 Å². The van der Waals surface area contributed by atoms with Gasteiger partial charge in [0.15, 0.2) is 0 Å². The summed E-state index contributed by atoms with van der Waals surface area (Å²) in [6.45, 7) is 0.357. The Bertz CT molecular complexity index is 680. The Morgan fingerprint density at radius 3 is 2.65 bits per heavy atom. The molecule has 0 aliphatic rings. The summed E-state index contributed by atoms with van der Waals surface area (Å²) in [5.74, 6) is -0.196. The van der Waals surface area contributed by atoms with Crippen molar-refractivity contribution in [3.8, 4) is 0 Å². The van der Waals surface area contributed by atoms with E-state index in [1.165, 1.54) is 6.07 Å². The number of halogens is 2. The Labute approximate surface area is 131 Å². The molecule has 0 fully saturated rings. The van der Waals surface area contributed by atoms with Crippen molar-refractivity contribution in [1.29, 1.82) is 0 Å². The first-order valence-corrected chi connectivity index (χ1v) is 6.98. The zero-order chi connectivity index (χ0) is 17.2. The maximum Gasteiger partial charge on any atom is 0.333 e. The molecule has 2 rings (SSSR count). The fourth-order valence-electron chi connectivity index (χ4n) is 2.21. The summed E-state index contributed by atoms with van der Waals surface area (Å²) in [7, 11) is 1.75. The van der Waals surface area contributed by atoms with Crippen molar-refractivity contribution in [2.75, 3.05) is 6.61 Å². The fraction of sp³-hybridized carbons (Fsp3) is 0.500. The number of hydrogen-bond acceptors (Lipinski definition) is 4. The molecule has 2 N–H and O–H groups in total. The lowest BCUT2D eigenvalue weighted by Crippen LogP contribution is -2.42. The molecule has 0 aliphatic heterocycles. The van der Waals surface area contributed by atoms with Crippen LogP contribution in [-0.4, -0.2) is 37.0 Å². The molecule has 0 aromatic carbocycles. The van der Waals surface area contributed by atoms with E-state index in [0.29, 0.717) is 10.5 Å². The number of nitrogens with one attached hydrogen (secondary N) is 1. The minimum atomic E-state index is -2.91. The number of aromatic nitrogens is 4. The van der Waals surface area contributed by atoms with Gasteiger partial charge in [0.25, 0.3) is 5.91 Å². The number of hydrogen-bond donors (Lipinski definition) is 2. The molecule has 2 heterocycles. The molecule has 1 amide bonds. The molecule has 126 valence electrons. The van der Waals surface area contributed by atoms with Crippen molar-refractivity contribution in [3.63, 3.8) is 0 Å². The maximum absolute atomic E-state index is 12.9. The van der Waals surface area contributed by atoms with E-state index < -0.39 is 23.9 Å². The average Bonchev–Trinajstić information content (AvgIpc) is 3.13. The zero-order valence-electron chi connectivity index (χ0n) is 13.1. The molecule has 1 atom stereocenters. The van der Waals surface area contributed by atoms with E-state index in [2.05, 4.69) is 15.4 Å². The van der Waals surface area contributed by atoms with Gasteiger partial charge in [-0.15, -0.1) is 0 Å². The van der Waals surface area contributed by atoms with Crippen LogP contribution in [0, 0.1) is 5.41 Å². The second kappa shape index (κ2) is 6.45. The lowest BCUT2D eigenvalue weighted by atomic mass is 9.84. The van der Waals surface area contributed by atoms with E-state index in [-0.39, 0.29) is 12.3 Å². The number of nitrogens with zero attached hydrogens (tertiary/aromatic N) is 4. The summed E-state index contributed by atoms with van der Waals surface area (Å²) < 4.78 is 27.8. The van der Waals surface area contributed by atoms with E-state index in [9.17, 15) is 18.7 Å². The van der Waals surface area contributed by atoms with Gasteiger partial charge < -0.3 is 15.0 Å². The highest BCUT2D eigenvalue weighted by atomic mass is 19.3. The van der Waals surface area contributed by atoms with Gasteiger partial charge in [0.2, 0.25) is 0 Å². The predicted molar refractivity (Wildman–Crippen MR) is 77.8 cm³/mol. The van der Waals surface area contributed by atoms with Crippen molar-refractivity contribution >= 4 is 5.91 Å². The summed E-state index contributed by atoms with van der Waals surface area (Å²) in [4.78, 5) is 16.6. The number of carbonyl (C=O) groups excluding carboxylic acids is 1. The molecule has 0 aliphatic carbocycles. The van der Waals surface area contributed by atoms with Gasteiger partial charge in [-0.05, 0) is 6.07 Å². The lowest BCUT2D eigenvalue weighted by Gasteiger charge is -2.32. The highest BCUT2D eigenvalue weighted by Gasteiger charge is 2.35. The van der Waals surface area contributed by atoms with Crippen LogP contribution in [0.1, 0.15) is 42.8 Å². The molecule has 0 saturated carbocycles. The molecule has 0 saturated heterocycles. The summed E-state index contributed by atoms with van der Waals surface area (Å²) in [6.07, 6.45) is 4.39. The first-order chi connectivity index (χ1) is 10.8. The van der Waals surface area contributed by atoms with Gasteiger partial charge in [-0.3, -0.25) is 4.79 Å². The molecule has 0 spiro atoms. The summed E-state index contributed by atoms with van der Waals surface area (Å²) in [5, 5.41) is 15.7. The first kappa shape index (κ1) is 17.1. The van der Waals surface area contributed by atoms with Gasteiger partial charge in [-0.1, -0.05) is 13.8 Å².